The van der Waals surface area contributed by atoms with Crippen LogP contribution in [0.25, 0.3) is 10.2 Å². The zero-order valence-electron chi connectivity index (χ0n) is 14.2. The fraction of sp³-hybridized carbons (Fsp3) is 0.176. The monoisotopic (exact) mass is 419 g/mol. The molecule has 1 amide bonds. The van der Waals surface area contributed by atoms with Gasteiger partial charge in [-0.1, -0.05) is 29.2 Å². The molecule has 0 aliphatic heterocycles. The van der Waals surface area contributed by atoms with Crippen LogP contribution < -0.4 is 5.32 Å². The fourth-order valence-corrected chi connectivity index (χ4v) is 4.77. The van der Waals surface area contributed by atoms with E-state index < -0.39 is 0 Å². The number of nitrogens with one attached hydrogen (secondary N) is 1. The molecule has 1 aromatic carbocycles. The molecule has 3 heterocycles. The Morgan fingerprint density at radius 1 is 1.33 bits per heavy atom. The highest BCUT2D eigenvalue weighted by Crippen LogP contribution is 2.27. The quantitative estimate of drug-likeness (QED) is 0.479. The Kier molecular flexibility index (Phi) is 5.19. The number of thiophene rings is 1. The van der Waals surface area contributed by atoms with Crippen molar-refractivity contribution in [1.29, 1.82) is 0 Å². The molecule has 6 nitrogen and oxygen atoms in total. The third kappa shape index (κ3) is 4.18. The zero-order chi connectivity index (χ0) is 18.8. The Balaban J connectivity index is 1.36. The number of thioether (sulfide) groups is 1. The summed E-state index contributed by atoms with van der Waals surface area (Å²) < 4.78 is 15.8. The predicted octanol–water partition coefficient (Wildman–Crippen LogP) is 3.95. The lowest BCUT2D eigenvalue weighted by Gasteiger charge is -2.03. The molecule has 10 heteroatoms. The highest BCUT2D eigenvalue weighted by Gasteiger charge is 2.14. The van der Waals surface area contributed by atoms with Gasteiger partial charge in [0.15, 0.2) is 10.3 Å². The van der Waals surface area contributed by atoms with Crippen molar-refractivity contribution in [3.63, 3.8) is 0 Å². The Morgan fingerprint density at radius 3 is 3.04 bits per heavy atom. The van der Waals surface area contributed by atoms with Gasteiger partial charge in [0.25, 0.3) is 0 Å². The minimum Gasteiger partial charge on any atom is -0.309 e. The summed E-state index contributed by atoms with van der Waals surface area (Å²) in [5.74, 6) is 0.533. The summed E-state index contributed by atoms with van der Waals surface area (Å²) in [6.45, 7) is 0. The van der Waals surface area contributed by atoms with Gasteiger partial charge in [0.1, 0.15) is 11.6 Å². The number of thiazole rings is 1. The lowest BCUT2D eigenvalue weighted by molar-refractivity contribution is -0.113. The molecule has 0 radical (unpaired) electrons. The van der Waals surface area contributed by atoms with Crippen LogP contribution in [0.1, 0.15) is 10.7 Å². The molecule has 1 N–H and O–H groups in total. The second kappa shape index (κ2) is 7.75. The maximum Gasteiger partial charge on any atom is 0.236 e. The minimum atomic E-state index is -0.319. The molecule has 4 aromatic rings. The number of carbonyl (C=O) groups is 1. The minimum absolute atomic E-state index is 0.190. The highest BCUT2D eigenvalue weighted by molar-refractivity contribution is 7.99. The van der Waals surface area contributed by atoms with Gasteiger partial charge in [0.05, 0.1) is 16.0 Å². The van der Waals surface area contributed by atoms with Crippen molar-refractivity contribution in [2.24, 2.45) is 7.05 Å². The van der Waals surface area contributed by atoms with Crippen LogP contribution in [0.2, 0.25) is 0 Å². The summed E-state index contributed by atoms with van der Waals surface area (Å²) in [6.07, 6.45) is 0.718. The van der Waals surface area contributed by atoms with Crippen LogP contribution in [-0.2, 0) is 18.3 Å². The normalized spacial score (nSPS) is 11.2. The average molecular weight is 420 g/mol. The van der Waals surface area contributed by atoms with Crippen LogP contribution in [0, 0.1) is 5.82 Å². The summed E-state index contributed by atoms with van der Waals surface area (Å²) >= 11 is 4.24. The Hall–Kier alpha value is -2.30. The van der Waals surface area contributed by atoms with E-state index >= 15 is 0 Å². The number of aromatic nitrogens is 4. The van der Waals surface area contributed by atoms with Crippen molar-refractivity contribution >= 4 is 55.7 Å². The number of hydrogen-bond acceptors (Lipinski definition) is 7. The van der Waals surface area contributed by atoms with Crippen LogP contribution in [0.15, 0.2) is 40.9 Å². The topological polar surface area (TPSA) is 72.7 Å². The first kappa shape index (κ1) is 18.1. The van der Waals surface area contributed by atoms with E-state index in [-0.39, 0.29) is 17.5 Å². The number of fused-ring (bicyclic) bond motifs is 1. The summed E-state index contributed by atoms with van der Waals surface area (Å²) in [7, 11) is 1.89. The van der Waals surface area contributed by atoms with Crippen molar-refractivity contribution in [2.45, 2.75) is 11.6 Å². The van der Waals surface area contributed by atoms with Crippen LogP contribution in [0.3, 0.4) is 0 Å². The van der Waals surface area contributed by atoms with Gasteiger partial charge in [-0.15, -0.1) is 21.5 Å². The van der Waals surface area contributed by atoms with E-state index in [9.17, 15) is 9.18 Å². The van der Waals surface area contributed by atoms with Crippen LogP contribution in [0.4, 0.5) is 9.52 Å². The summed E-state index contributed by atoms with van der Waals surface area (Å²) in [4.78, 5) is 17.7. The number of anilines is 1. The smallest absolute Gasteiger partial charge is 0.236 e. The van der Waals surface area contributed by atoms with Gasteiger partial charge >= 0.3 is 0 Å². The molecule has 0 spiro atoms. The number of nitrogens with zero attached hydrogens (tertiary/aromatic N) is 4. The molecule has 0 unspecified atom stereocenters. The van der Waals surface area contributed by atoms with Gasteiger partial charge in [-0.05, 0) is 29.6 Å². The zero-order valence-corrected chi connectivity index (χ0v) is 16.6. The van der Waals surface area contributed by atoms with Crippen LogP contribution >= 0.6 is 34.4 Å². The second-order valence-electron chi connectivity index (χ2n) is 5.68. The van der Waals surface area contributed by atoms with Gasteiger partial charge in [0.2, 0.25) is 5.91 Å². The highest BCUT2D eigenvalue weighted by atomic mass is 32.2. The van der Waals surface area contributed by atoms with Crippen LogP contribution in [-0.4, -0.2) is 31.4 Å². The summed E-state index contributed by atoms with van der Waals surface area (Å²) in [5, 5.41) is 14.3. The molecule has 0 saturated carbocycles. The third-order valence-corrected chi connectivity index (χ3v) is 6.60. The second-order valence-corrected chi connectivity index (χ2v) is 8.69. The molecule has 27 heavy (non-hydrogen) atoms. The van der Waals surface area contributed by atoms with Crippen LogP contribution in [0.5, 0.6) is 0 Å². The molecule has 4 rings (SSSR count). The predicted molar refractivity (Wildman–Crippen MR) is 107 cm³/mol. The van der Waals surface area contributed by atoms with Crippen molar-refractivity contribution in [3.05, 3.63) is 52.2 Å². The number of amides is 1. The molecule has 0 atom stereocenters. The molecule has 3 aromatic heterocycles. The first-order chi connectivity index (χ1) is 13.1. The fourth-order valence-electron chi connectivity index (χ4n) is 2.43. The Labute approximate surface area is 166 Å². The maximum atomic E-state index is 13.2. The summed E-state index contributed by atoms with van der Waals surface area (Å²) in [6, 6.07) is 8.42. The number of rotatable bonds is 6. The number of hydrogen-bond donors (Lipinski definition) is 1. The van der Waals surface area contributed by atoms with E-state index in [0.29, 0.717) is 20.5 Å². The molecule has 0 aliphatic rings. The maximum absolute atomic E-state index is 13.2. The van der Waals surface area contributed by atoms with E-state index in [1.165, 1.54) is 40.1 Å². The van der Waals surface area contributed by atoms with Gasteiger partial charge in [0, 0.05) is 18.3 Å². The van der Waals surface area contributed by atoms with E-state index in [4.69, 9.17) is 0 Å². The van der Waals surface area contributed by atoms with Gasteiger partial charge in [-0.2, -0.15) is 0 Å². The van der Waals surface area contributed by atoms with E-state index in [1.54, 1.807) is 17.4 Å². The van der Waals surface area contributed by atoms with E-state index in [2.05, 4.69) is 26.6 Å². The number of halogens is 1. The molecule has 0 saturated heterocycles. The molecule has 0 aliphatic carbocycles. The largest absolute Gasteiger partial charge is 0.309 e. The van der Waals surface area contributed by atoms with Crippen molar-refractivity contribution < 1.29 is 9.18 Å². The van der Waals surface area contributed by atoms with Gasteiger partial charge in [-0.3, -0.25) is 4.79 Å². The lowest BCUT2D eigenvalue weighted by Crippen LogP contribution is -2.14. The standard InChI is InChI=1S/C17H14FN5OS3/c1-23-14(8-11-3-2-6-25-11)21-22-17(23)26-9-15(24)20-16-19-12-5-4-10(18)7-13(12)27-16/h2-7H,8-9H2,1H3,(H,19,20,24). The van der Waals surface area contributed by atoms with Gasteiger partial charge in [-0.25, -0.2) is 9.37 Å². The number of carbonyl (C=O) groups excluding carboxylic acids is 1. The molecular formula is C17H14FN5OS3. The third-order valence-electron chi connectivity index (χ3n) is 3.77. The Morgan fingerprint density at radius 2 is 2.22 bits per heavy atom. The first-order valence-corrected chi connectivity index (χ1v) is 10.7. The lowest BCUT2D eigenvalue weighted by atomic mass is 10.3. The van der Waals surface area contributed by atoms with Crippen molar-refractivity contribution in [3.8, 4) is 0 Å². The number of benzene rings is 1. The van der Waals surface area contributed by atoms with Gasteiger partial charge < -0.3 is 9.88 Å². The molecule has 0 fully saturated rings. The average Bonchev–Trinajstić information content (AvgIpc) is 3.35. The van der Waals surface area contributed by atoms with E-state index in [1.807, 2.05) is 23.1 Å². The molecule has 0 bridgehead atoms. The molecular weight excluding hydrogens is 405 g/mol. The van der Waals surface area contributed by atoms with Crippen molar-refractivity contribution in [2.75, 3.05) is 11.1 Å². The Bertz CT molecular complexity index is 1090. The SMILES string of the molecule is Cn1c(Cc2cccs2)nnc1SCC(=O)Nc1nc2ccc(F)cc2s1. The van der Waals surface area contributed by atoms with Crippen molar-refractivity contribution in [1.82, 2.24) is 19.7 Å². The first-order valence-electron chi connectivity index (χ1n) is 7.98. The van der Waals surface area contributed by atoms with E-state index in [0.717, 1.165) is 12.2 Å². The summed E-state index contributed by atoms with van der Waals surface area (Å²) in [5.41, 5.74) is 0.663. The molecule has 138 valence electrons.